The van der Waals surface area contributed by atoms with E-state index in [2.05, 4.69) is 16.8 Å². The topological polar surface area (TPSA) is 42.4 Å². The molecule has 1 aromatic heterocycles. The first-order valence-corrected chi connectivity index (χ1v) is 7.88. The molecule has 0 unspecified atom stereocenters. The zero-order valence-electron chi connectivity index (χ0n) is 11.3. The number of methoxy groups -OCH3 is 1. The van der Waals surface area contributed by atoms with Crippen molar-refractivity contribution in [2.45, 2.75) is 45.1 Å². The maximum absolute atomic E-state index is 11.6. The highest BCUT2D eigenvalue weighted by atomic mass is 35.5. The fraction of sp³-hybridized carbons (Fsp3) is 0.692. The second-order valence-electron chi connectivity index (χ2n) is 4.69. The molecule has 2 rings (SSSR count). The van der Waals surface area contributed by atoms with Crippen molar-refractivity contribution in [2.24, 2.45) is 0 Å². The summed E-state index contributed by atoms with van der Waals surface area (Å²) < 4.78 is 4.72. The number of rotatable bonds is 4. The first-order valence-electron chi connectivity index (χ1n) is 6.68. The van der Waals surface area contributed by atoms with E-state index >= 15 is 0 Å². The highest BCUT2D eigenvalue weighted by Gasteiger charge is 2.25. The van der Waals surface area contributed by atoms with Gasteiger partial charge in [-0.1, -0.05) is 42.2 Å². The number of ether oxygens (including phenoxy) is 1. The van der Waals surface area contributed by atoms with Crippen LogP contribution >= 0.6 is 22.9 Å². The van der Waals surface area contributed by atoms with E-state index in [-0.39, 0.29) is 5.15 Å². The predicted octanol–water partition coefficient (Wildman–Crippen LogP) is 3.74. The molecule has 4 nitrogen and oxygen atoms in total. The van der Waals surface area contributed by atoms with Crippen LogP contribution in [0.25, 0.3) is 0 Å². The average Bonchev–Trinajstić information content (AvgIpc) is 2.82. The molecule has 1 aliphatic carbocycles. The molecule has 0 aromatic carbocycles. The normalized spacial score (nSPS) is 16.4. The Labute approximate surface area is 122 Å². The lowest BCUT2D eigenvalue weighted by Crippen LogP contribution is -2.36. The largest absolute Gasteiger partial charge is 0.465 e. The highest BCUT2D eigenvalue weighted by molar-refractivity contribution is 7.18. The molecule has 19 heavy (non-hydrogen) atoms. The third-order valence-corrected chi connectivity index (χ3v) is 5.01. The van der Waals surface area contributed by atoms with Crippen LogP contribution in [-0.4, -0.2) is 30.6 Å². The molecule has 0 N–H and O–H groups in total. The average molecular weight is 303 g/mol. The zero-order chi connectivity index (χ0) is 13.8. The molecule has 0 bridgehead atoms. The maximum atomic E-state index is 11.6. The molecule has 1 fully saturated rings. The van der Waals surface area contributed by atoms with E-state index in [1.165, 1.54) is 50.6 Å². The lowest BCUT2D eigenvalue weighted by molar-refractivity contribution is 0.0606. The van der Waals surface area contributed by atoms with Crippen molar-refractivity contribution in [3.05, 3.63) is 10.0 Å². The number of halogens is 1. The van der Waals surface area contributed by atoms with E-state index in [0.717, 1.165) is 11.7 Å². The van der Waals surface area contributed by atoms with Crippen LogP contribution in [0, 0.1) is 0 Å². The van der Waals surface area contributed by atoms with Gasteiger partial charge in [-0.15, -0.1) is 0 Å². The SMILES string of the molecule is CCN(c1nc(Cl)c(C(=O)OC)s1)C1CCCCC1. The summed E-state index contributed by atoms with van der Waals surface area (Å²) in [6.07, 6.45) is 6.24. The smallest absolute Gasteiger partial charge is 0.351 e. The van der Waals surface area contributed by atoms with Gasteiger partial charge in [0.15, 0.2) is 15.2 Å². The number of esters is 1. The Balaban J connectivity index is 2.20. The predicted molar refractivity (Wildman–Crippen MR) is 78.4 cm³/mol. The number of aromatic nitrogens is 1. The molecule has 106 valence electrons. The van der Waals surface area contributed by atoms with Crippen LogP contribution in [0.2, 0.25) is 5.15 Å². The van der Waals surface area contributed by atoms with E-state index in [1.54, 1.807) is 0 Å². The molecule has 1 aliphatic rings. The summed E-state index contributed by atoms with van der Waals surface area (Å²) in [6, 6.07) is 0.520. The summed E-state index contributed by atoms with van der Waals surface area (Å²) in [5, 5.41) is 1.08. The van der Waals surface area contributed by atoms with E-state index < -0.39 is 5.97 Å². The lowest BCUT2D eigenvalue weighted by atomic mass is 9.94. The van der Waals surface area contributed by atoms with Gasteiger partial charge in [-0.05, 0) is 19.8 Å². The maximum Gasteiger partial charge on any atom is 0.351 e. The van der Waals surface area contributed by atoms with Gasteiger partial charge in [0.25, 0.3) is 0 Å². The minimum atomic E-state index is -0.409. The highest BCUT2D eigenvalue weighted by Crippen LogP contribution is 2.34. The number of hydrogen-bond acceptors (Lipinski definition) is 5. The number of nitrogens with zero attached hydrogens (tertiary/aromatic N) is 2. The summed E-state index contributed by atoms with van der Waals surface area (Å²) in [5.74, 6) is -0.409. The molecule has 1 saturated carbocycles. The second kappa shape index (κ2) is 6.57. The summed E-state index contributed by atoms with van der Waals surface area (Å²) in [4.78, 5) is 18.6. The molecular weight excluding hydrogens is 284 g/mol. The summed E-state index contributed by atoms with van der Waals surface area (Å²) in [6.45, 7) is 3.00. The van der Waals surface area contributed by atoms with Crippen molar-refractivity contribution in [3.8, 4) is 0 Å². The van der Waals surface area contributed by atoms with Crippen molar-refractivity contribution in [2.75, 3.05) is 18.6 Å². The fourth-order valence-corrected chi connectivity index (χ4v) is 3.91. The van der Waals surface area contributed by atoms with Gasteiger partial charge in [0, 0.05) is 12.6 Å². The monoisotopic (exact) mass is 302 g/mol. The molecule has 0 aliphatic heterocycles. The van der Waals surface area contributed by atoms with Crippen molar-refractivity contribution in [1.29, 1.82) is 0 Å². The summed E-state index contributed by atoms with van der Waals surface area (Å²) >= 11 is 7.36. The quantitative estimate of drug-likeness (QED) is 0.795. The Kier molecular flexibility index (Phi) is 5.05. The molecule has 0 radical (unpaired) electrons. The zero-order valence-corrected chi connectivity index (χ0v) is 12.9. The van der Waals surface area contributed by atoms with Crippen LogP contribution < -0.4 is 4.90 Å². The number of carbonyl (C=O) groups excluding carboxylic acids is 1. The Bertz CT molecular complexity index is 444. The van der Waals surface area contributed by atoms with E-state index in [0.29, 0.717) is 10.9 Å². The number of carbonyl (C=O) groups is 1. The molecule has 6 heteroatoms. The van der Waals surface area contributed by atoms with Gasteiger partial charge in [0.2, 0.25) is 0 Å². The van der Waals surface area contributed by atoms with Crippen LogP contribution in [0.4, 0.5) is 5.13 Å². The number of anilines is 1. The Morgan fingerprint density at radius 1 is 1.47 bits per heavy atom. The molecule has 0 atom stereocenters. The van der Waals surface area contributed by atoms with Crippen LogP contribution in [-0.2, 0) is 4.74 Å². The van der Waals surface area contributed by atoms with E-state index in [9.17, 15) is 4.79 Å². The molecule has 0 saturated heterocycles. The van der Waals surface area contributed by atoms with Gasteiger partial charge in [-0.2, -0.15) is 0 Å². The van der Waals surface area contributed by atoms with Gasteiger partial charge < -0.3 is 9.64 Å². The number of hydrogen-bond donors (Lipinski definition) is 0. The summed E-state index contributed by atoms with van der Waals surface area (Å²) in [7, 11) is 1.36. The van der Waals surface area contributed by atoms with E-state index in [1.807, 2.05) is 0 Å². The Morgan fingerprint density at radius 3 is 2.74 bits per heavy atom. The van der Waals surface area contributed by atoms with Gasteiger partial charge in [0.1, 0.15) is 0 Å². The summed E-state index contributed by atoms with van der Waals surface area (Å²) in [5.41, 5.74) is 0. The van der Waals surface area contributed by atoms with Crippen molar-refractivity contribution < 1.29 is 9.53 Å². The van der Waals surface area contributed by atoms with Crippen LogP contribution in [0.1, 0.15) is 48.7 Å². The second-order valence-corrected chi connectivity index (χ2v) is 6.02. The molecule has 0 spiro atoms. The molecule has 1 heterocycles. The van der Waals surface area contributed by atoms with Gasteiger partial charge in [-0.25, -0.2) is 9.78 Å². The van der Waals surface area contributed by atoms with Gasteiger partial charge in [0.05, 0.1) is 7.11 Å². The van der Waals surface area contributed by atoms with Gasteiger partial charge in [-0.3, -0.25) is 0 Å². The van der Waals surface area contributed by atoms with Crippen LogP contribution in [0.3, 0.4) is 0 Å². The fourth-order valence-electron chi connectivity index (χ4n) is 2.57. The first-order chi connectivity index (χ1) is 9.17. The minimum absolute atomic E-state index is 0.251. The standard InChI is InChI=1S/C13H19ClN2O2S/c1-3-16(9-7-5-4-6-8-9)13-15-11(14)10(19-13)12(17)18-2/h9H,3-8H2,1-2H3. The molecular formula is C13H19ClN2O2S. The van der Waals surface area contributed by atoms with E-state index in [4.69, 9.17) is 16.3 Å². The first kappa shape index (κ1) is 14.6. The Morgan fingerprint density at radius 2 is 2.16 bits per heavy atom. The molecule has 0 amide bonds. The van der Waals surface area contributed by atoms with Crippen molar-refractivity contribution in [3.63, 3.8) is 0 Å². The van der Waals surface area contributed by atoms with Gasteiger partial charge >= 0.3 is 5.97 Å². The third kappa shape index (κ3) is 3.20. The lowest BCUT2D eigenvalue weighted by Gasteiger charge is -2.33. The van der Waals surface area contributed by atoms with Crippen LogP contribution in [0.15, 0.2) is 0 Å². The minimum Gasteiger partial charge on any atom is -0.465 e. The van der Waals surface area contributed by atoms with Crippen LogP contribution in [0.5, 0.6) is 0 Å². The third-order valence-electron chi connectivity index (χ3n) is 3.55. The van der Waals surface area contributed by atoms with Crippen molar-refractivity contribution >= 4 is 34.0 Å². The molecule has 1 aromatic rings. The Hall–Kier alpha value is -0.810. The van der Waals surface area contributed by atoms with Crippen molar-refractivity contribution in [1.82, 2.24) is 4.98 Å². The number of thiazole rings is 1.